The molecule has 3 aromatic rings. The Morgan fingerprint density at radius 1 is 0.960 bits per heavy atom. The molecule has 3 heteroatoms. The lowest BCUT2D eigenvalue weighted by Gasteiger charge is -2.30. The fraction of sp³-hybridized carbons (Fsp3) is 0.227. The van der Waals surface area contributed by atoms with Gasteiger partial charge in [0, 0.05) is 13.0 Å². The summed E-state index contributed by atoms with van der Waals surface area (Å²) in [5.74, 6) is 0.0946. The maximum absolute atomic E-state index is 12.4. The molecular formula is C22H24N2O. The van der Waals surface area contributed by atoms with Crippen LogP contribution in [0.15, 0.2) is 72.8 Å². The van der Waals surface area contributed by atoms with E-state index in [1.54, 1.807) is 5.01 Å². The number of nitrogens with zero attached hydrogens (tertiary/aromatic N) is 1. The standard InChI is InChI=1S/C22H24N2O/c1-3-22(25)24(17(2)19-9-5-4-6-10-19)23-16-18-13-14-20-11-7-8-12-21(20)15-18/h4-15,17,23H,3,16H2,1-2H3. The average molecular weight is 332 g/mol. The average Bonchev–Trinajstić information content (AvgIpc) is 2.68. The normalized spacial score (nSPS) is 12.1. The molecule has 3 nitrogen and oxygen atoms in total. The highest BCUT2D eigenvalue weighted by atomic mass is 16.2. The lowest BCUT2D eigenvalue weighted by molar-refractivity contribution is -0.137. The summed E-state index contributed by atoms with van der Waals surface area (Å²) in [5.41, 5.74) is 5.61. The van der Waals surface area contributed by atoms with Gasteiger partial charge in [-0.05, 0) is 34.9 Å². The molecule has 0 saturated heterocycles. The second kappa shape index (κ2) is 7.95. The number of benzene rings is 3. The molecule has 0 aliphatic carbocycles. The van der Waals surface area contributed by atoms with Crippen molar-refractivity contribution in [2.24, 2.45) is 0 Å². The molecule has 25 heavy (non-hydrogen) atoms. The van der Waals surface area contributed by atoms with Gasteiger partial charge in [-0.25, -0.2) is 5.43 Å². The van der Waals surface area contributed by atoms with Gasteiger partial charge in [0.25, 0.3) is 0 Å². The van der Waals surface area contributed by atoms with Crippen molar-refractivity contribution >= 4 is 16.7 Å². The maximum Gasteiger partial charge on any atom is 0.236 e. The summed E-state index contributed by atoms with van der Waals surface area (Å²) in [6, 6.07) is 24.8. The lowest BCUT2D eigenvalue weighted by atomic mass is 10.1. The molecule has 0 fully saturated rings. The third kappa shape index (κ3) is 4.06. The van der Waals surface area contributed by atoms with Crippen molar-refractivity contribution in [1.82, 2.24) is 10.4 Å². The first-order valence-electron chi connectivity index (χ1n) is 8.77. The first-order valence-corrected chi connectivity index (χ1v) is 8.77. The Kier molecular flexibility index (Phi) is 5.46. The van der Waals surface area contributed by atoms with Gasteiger partial charge in [-0.2, -0.15) is 0 Å². The molecule has 0 aliphatic rings. The van der Waals surface area contributed by atoms with Gasteiger partial charge >= 0.3 is 0 Å². The van der Waals surface area contributed by atoms with E-state index in [9.17, 15) is 4.79 Å². The second-order valence-electron chi connectivity index (χ2n) is 6.22. The highest BCUT2D eigenvalue weighted by Gasteiger charge is 2.19. The van der Waals surface area contributed by atoms with Gasteiger partial charge in [-0.15, -0.1) is 0 Å². The van der Waals surface area contributed by atoms with Gasteiger partial charge < -0.3 is 0 Å². The van der Waals surface area contributed by atoms with E-state index >= 15 is 0 Å². The molecule has 0 heterocycles. The Morgan fingerprint density at radius 2 is 1.64 bits per heavy atom. The Hall–Kier alpha value is -2.65. The highest BCUT2D eigenvalue weighted by molar-refractivity contribution is 5.83. The molecule has 0 radical (unpaired) electrons. The summed E-state index contributed by atoms with van der Waals surface area (Å²) in [7, 11) is 0. The minimum absolute atomic E-state index is 0.0193. The quantitative estimate of drug-likeness (QED) is 0.655. The van der Waals surface area contributed by atoms with Crippen LogP contribution in [0.5, 0.6) is 0 Å². The van der Waals surface area contributed by atoms with Crippen LogP contribution in [0.2, 0.25) is 0 Å². The van der Waals surface area contributed by atoms with Crippen LogP contribution in [0.4, 0.5) is 0 Å². The van der Waals surface area contributed by atoms with Gasteiger partial charge in [0.1, 0.15) is 0 Å². The molecule has 1 N–H and O–H groups in total. The van der Waals surface area contributed by atoms with Crippen molar-refractivity contribution in [2.45, 2.75) is 32.9 Å². The number of carbonyl (C=O) groups is 1. The first-order chi connectivity index (χ1) is 12.2. The zero-order valence-electron chi connectivity index (χ0n) is 14.8. The monoisotopic (exact) mass is 332 g/mol. The topological polar surface area (TPSA) is 32.3 Å². The van der Waals surface area contributed by atoms with E-state index in [2.05, 4.69) is 54.8 Å². The van der Waals surface area contributed by atoms with Crippen molar-refractivity contribution in [3.05, 3.63) is 83.9 Å². The van der Waals surface area contributed by atoms with Crippen LogP contribution in [0.1, 0.15) is 37.4 Å². The van der Waals surface area contributed by atoms with E-state index in [1.807, 2.05) is 37.3 Å². The zero-order valence-corrected chi connectivity index (χ0v) is 14.8. The van der Waals surface area contributed by atoms with Crippen molar-refractivity contribution in [1.29, 1.82) is 0 Å². The number of amides is 1. The fourth-order valence-corrected chi connectivity index (χ4v) is 3.02. The summed E-state index contributed by atoms with van der Waals surface area (Å²) in [4.78, 5) is 12.4. The van der Waals surface area contributed by atoms with Gasteiger partial charge in [-0.3, -0.25) is 9.80 Å². The molecule has 0 aliphatic heterocycles. The van der Waals surface area contributed by atoms with Crippen LogP contribution >= 0.6 is 0 Å². The smallest absolute Gasteiger partial charge is 0.236 e. The molecule has 1 amide bonds. The SMILES string of the molecule is CCC(=O)N(NCc1ccc2ccccc2c1)C(C)c1ccccc1. The predicted octanol–water partition coefficient (Wildman–Crippen LogP) is 4.84. The van der Waals surface area contributed by atoms with E-state index < -0.39 is 0 Å². The van der Waals surface area contributed by atoms with Crippen LogP contribution in [-0.2, 0) is 11.3 Å². The van der Waals surface area contributed by atoms with E-state index in [1.165, 1.54) is 10.8 Å². The van der Waals surface area contributed by atoms with Crippen molar-refractivity contribution < 1.29 is 4.79 Å². The molecule has 0 bridgehead atoms. The van der Waals surface area contributed by atoms with Gasteiger partial charge in [0.15, 0.2) is 0 Å². The van der Waals surface area contributed by atoms with Gasteiger partial charge in [0.2, 0.25) is 5.91 Å². The summed E-state index contributed by atoms with van der Waals surface area (Å²) in [5, 5.41) is 4.20. The molecule has 3 aromatic carbocycles. The molecule has 0 saturated carbocycles. The maximum atomic E-state index is 12.4. The second-order valence-corrected chi connectivity index (χ2v) is 6.22. The molecule has 1 unspecified atom stereocenters. The molecule has 0 spiro atoms. The zero-order chi connectivity index (χ0) is 17.6. The molecular weight excluding hydrogens is 308 g/mol. The van der Waals surface area contributed by atoms with Crippen molar-refractivity contribution in [2.75, 3.05) is 0 Å². The summed E-state index contributed by atoms with van der Waals surface area (Å²) in [6.45, 7) is 4.56. The number of fused-ring (bicyclic) bond motifs is 1. The van der Waals surface area contributed by atoms with Crippen LogP contribution in [-0.4, -0.2) is 10.9 Å². The van der Waals surface area contributed by atoms with Crippen LogP contribution in [0.3, 0.4) is 0 Å². The van der Waals surface area contributed by atoms with E-state index in [0.717, 1.165) is 11.1 Å². The number of hydrazine groups is 1. The summed E-state index contributed by atoms with van der Waals surface area (Å²) >= 11 is 0. The minimum atomic E-state index is -0.0193. The molecule has 1 atom stereocenters. The highest BCUT2D eigenvalue weighted by Crippen LogP contribution is 2.20. The van der Waals surface area contributed by atoms with Crippen LogP contribution < -0.4 is 5.43 Å². The number of hydrogen-bond acceptors (Lipinski definition) is 2. The van der Waals surface area contributed by atoms with Crippen LogP contribution in [0.25, 0.3) is 10.8 Å². The Bertz CT molecular complexity index is 845. The van der Waals surface area contributed by atoms with Crippen molar-refractivity contribution in [3.63, 3.8) is 0 Å². The summed E-state index contributed by atoms with van der Waals surface area (Å²) < 4.78 is 0. The van der Waals surface area contributed by atoms with Gasteiger partial charge in [0.05, 0.1) is 6.04 Å². The van der Waals surface area contributed by atoms with E-state index in [-0.39, 0.29) is 11.9 Å². The fourth-order valence-electron chi connectivity index (χ4n) is 3.02. The van der Waals surface area contributed by atoms with Crippen LogP contribution in [0, 0.1) is 0 Å². The molecule has 128 valence electrons. The Morgan fingerprint density at radius 3 is 2.36 bits per heavy atom. The Balaban J connectivity index is 1.77. The molecule has 3 rings (SSSR count). The summed E-state index contributed by atoms with van der Waals surface area (Å²) in [6.07, 6.45) is 0.474. The van der Waals surface area contributed by atoms with Crippen molar-refractivity contribution in [3.8, 4) is 0 Å². The largest absolute Gasteiger partial charge is 0.273 e. The number of nitrogens with one attached hydrogen (secondary N) is 1. The lowest BCUT2D eigenvalue weighted by Crippen LogP contribution is -2.43. The van der Waals surface area contributed by atoms with Gasteiger partial charge in [-0.1, -0.05) is 73.7 Å². The number of hydrogen-bond donors (Lipinski definition) is 1. The minimum Gasteiger partial charge on any atom is -0.273 e. The first kappa shape index (κ1) is 17.2. The predicted molar refractivity (Wildman–Crippen MR) is 103 cm³/mol. The third-order valence-electron chi connectivity index (χ3n) is 4.51. The number of rotatable bonds is 6. The Labute approximate surface area is 149 Å². The van der Waals surface area contributed by atoms with E-state index in [0.29, 0.717) is 13.0 Å². The number of carbonyl (C=O) groups excluding carboxylic acids is 1. The van der Waals surface area contributed by atoms with E-state index in [4.69, 9.17) is 0 Å². The molecule has 0 aromatic heterocycles. The third-order valence-corrected chi connectivity index (χ3v) is 4.51.